The first kappa shape index (κ1) is 10.6. The number of fused-ring (bicyclic) bond motifs is 1. The predicted molar refractivity (Wildman–Crippen MR) is 64.4 cm³/mol. The lowest BCUT2D eigenvalue weighted by molar-refractivity contribution is 0.676. The van der Waals surface area contributed by atoms with Gasteiger partial charge in [-0.3, -0.25) is 4.68 Å². The number of nitrogens with zero attached hydrogens (tertiary/aromatic N) is 4. The molecular weight excluding hydrogens is 202 g/mol. The highest BCUT2D eigenvalue weighted by Gasteiger charge is 2.12. The standard InChI is InChI=1S/C11H15N5/c1-4-6-12-11-10-9(13-7-14-11)8(3)15-16(10)5-2/h4,7H,1,5-6H2,2-3H3,(H,12,13,14). The van der Waals surface area contributed by atoms with E-state index in [2.05, 4.69) is 33.9 Å². The molecule has 2 aromatic rings. The SMILES string of the molecule is C=CCNc1ncnc2c(C)nn(CC)c12. The van der Waals surface area contributed by atoms with Crippen LogP contribution in [-0.2, 0) is 6.54 Å². The van der Waals surface area contributed by atoms with Gasteiger partial charge in [-0.1, -0.05) is 6.08 Å². The Morgan fingerprint density at radius 2 is 2.31 bits per heavy atom. The van der Waals surface area contributed by atoms with Gasteiger partial charge in [0.15, 0.2) is 5.82 Å². The van der Waals surface area contributed by atoms with Crippen molar-refractivity contribution in [3.05, 3.63) is 24.7 Å². The second-order valence-corrected chi connectivity index (χ2v) is 3.49. The summed E-state index contributed by atoms with van der Waals surface area (Å²) >= 11 is 0. The topological polar surface area (TPSA) is 55.6 Å². The number of hydrogen-bond acceptors (Lipinski definition) is 4. The molecule has 5 nitrogen and oxygen atoms in total. The third-order valence-corrected chi connectivity index (χ3v) is 2.41. The van der Waals surface area contributed by atoms with Crippen molar-refractivity contribution in [2.45, 2.75) is 20.4 Å². The van der Waals surface area contributed by atoms with Crippen LogP contribution in [-0.4, -0.2) is 26.3 Å². The molecule has 2 aromatic heterocycles. The van der Waals surface area contributed by atoms with Crippen molar-refractivity contribution in [3.8, 4) is 0 Å². The molecule has 0 saturated carbocycles. The Hall–Kier alpha value is -1.91. The monoisotopic (exact) mass is 217 g/mol. The smallest absolute Gasteiger partial charge is 0.155 e. The second-order valence-electron chi connectivity index (χ2n) is 3.49. The summed E-state index contributed by atoms with van der Waals surface area (Å²) in [6.45, 7) is 9.17. The van der Waals surface area contributed by atoms with E-state index in [-0.39, 0.29) is 0 Å². The summed E-state index contributed by atoms with van der Waals surface area (Å²) in [5, 5.41) is 7.62. The largest absolute Gasteiger partial charge is 0.365 e. The van der Waals surface area contributed by atoms with Crippen LogP contribution in [0.25, 0.3) is 11.0 Å². The van der Waals surface area contributed by atoms with Crippen LogP contribution in [0.2, 0.25) is 0 Å². The van der Waals surface area contributed by atoms with Crippen molar-refractivity contribution in [1.29, 1.82) is 0 Å². The summed E-state index contributed by atoms with van der Waals surface area (Å²) in [6, 6.07) is 0. The van der Waals surface area contributed by atoms with Crippen LogP contribution >= 0.6 is 0 Å². The lowest BCUT2D eigenvalue weighted by atomic mass is 10.3. The summed E-state index contributed by atoms with van der Waals surface area (Å²) in [5.41, 5.74) is 2.80. The molecule has 0 fully saturated rings. The summed E-state index contributed by atoms with van der Waals surface area (Å²) < 4.78 is 1.91. The third-order valence-electron chi connectivity index (χ3n) is 2.41. The lowest BCUT2D eigenvalue weighted by Gasteiger charge is -2.05. The molecule has 0 aliphatic rings. The van der Waals surface area contributed by atoms with Gasteiger partial charge in [0.1, 0.15) is 17.4 Å². The average molecular weight is 217 g/mol. The minimum Gasteiger partial charge on any atom is -0.365 e. The Morgan fingerprint density at radius 3 is 3.00 bits per heavy atom. The van der Waals surface area contributed by atoms with E-state index in [1.165, 1.54) is 0 Å². The molecule has 0 spiro atoms. The van der Waals surface area contributed by atoms with E-state index >= 15 is 0 Å². The van der Waals surface area contributed by atoms with E-state index in [9.17, 15) is 0 Å². The molecule has 0 bridgehead atoms. The zero-order chi connectivity index (χ0) is 11.5. The van der Waals surface area contributed by atoms with Crippen LogP contribution in [0.1, 0.15) is 12.6 Å². The van der Waals surface area contributed by atoms with Crippen molar-refractivity contribution < 1.29 is 0 Å². The molecule has 2 rings (SSSR count). The summed E-state index contributed by atoms with van der Waals surface area (Å²) in [7, 11) is 0. The Kier molecular flexibility index (Phi) is 2.85. The molecule has 0 atom stereocenters. The average Bonchev–Trinajstić information content (AvgIpc) is 2.64. The van der Waals surface area contributed by atoms with Gasteiger partial charge in [-0.2, -0.15) is 5.10 Å². The summed E-state index contributed by atoms with van der Waals surface area (Å²) in [5.74, 6) is 0.812. The molecule has 16 heavy (non-hydrogen) atoms. The number of hydrogen-bond donors (Lipinski definition) is 1. The van der Waals surface area contributed by atoms with Gasteiger partial charge in [-0.15, -0.1) is 6.58 Å². The quantitative estimate of drug-likeness (QED) is 0.793. The highest BCUT2D eigenvalue weighted by atomic mass is 15.3. The molecule has 0 aliphatic heterocycles. The van der Waals surface area contributed by atoms with E-state index < -0.39 is 0 Å². The molecule has 2 heterocycles. The molecule has 0 amide bonds. The minimum atomic E-state index is 0.681. The number of anilines is 1. The van der Waals surface area contributed by atoms with E-state index in [0.717, 1.165) is 29.1 Å². The van der Waals surface area contributed by atoms with Crippen LogP contribution in [0, 0.1) is 6.92 Å². The maximum Gasteiger partial charge on any atom is 0.155 e. The van der Waals surface area contributed by atoms with Crippen molar-refractivity contribution in [2.24, 2.45) is 0 Å². The molecule has 0 aromatic carbocycles. The van der Waals surface area contributed by atoms with Crippen molar-refractivity contribution >= 4 is 16.9 Å². The third kappa shape index (κ3) is 1.64. The van der Waals surface area contributed by atoms with Gasteiger partial charge in [-0.25, -0.2) is 9.97 Å². The summed E-state index contributed by atoms with van der Waals surface area (Å²) in [6.07, 6.45) is 3.36. The molecular formula is C11H15N5. The minimum absolute atomic E-state index is 0.681. The Morgan fingerprint density at radius 1 is 1.50 bits per heavy atom. The molecule has 1 N–H and O–H groups in total. The van der Waals surface area contributed by atoms with E-state index in [1.807, 2.05) is 11.6 Å². The maximum atomic E-state index is 4.43. The molecule has 0 unspecified atom stereocenters. The Bertz CT molecular complexity index is 514. The van der Waals surface area contributed by atoms with Gasteiger partial charge in [0.05, 0.1) is 5.69 Å². The van der Waals surface area contributed by atoms with Gasteiger partial charge in [0.2, 0.25) is 0 Å². The van der Waals surface area contributed by atoms with Crippen LogP contribution in [0.4, 0.5) is 5.82 Å². The fourth-order valence-corrected chi connectivity index (χ4v) is 1.69. The van der Waals surface area contributed by atoms with Crippen LogP contribution in [0.15, 0.2) is 19.0 Å². The lowest BCUT2D eigenvalue weighted by Crippen LogP contribution is -2.05. The zero-order valence-corrected chi connectivity index (χ0v) is 9.56. The van der Waals surface area contributed by atoms with Gasteiger partial charge < -0.3 is 5.32 Å². The van der Waals surface area contributed by atoms with Crippen LogP contribution < -0.4 is 5.32 Å². The van der Waals surface area contributed by atoms with Crippen molar-refractivity contribution in [3.63, 3.8) is 0 Å². The van der Waals surface area contributed by atoms with Crippen molar-refractivity contribution in [2.75, 3.05) is 11.9 Å². The predicted octanol–water partition coefficient (Wildman–Crippen LogP) is 1.75. The van der Waals surface area contributed by atoms with Gasteiger partial charge in [0, 0.05) is 13.1 Å². The first-order valence-electron chi connectivity index (χ1n) is 5.30. The van der Waals surface area contributed by atoms with Gasteiger partial charge in [0.25, 0.3) is 0 Å². The fourth-order valence-electron chi connectivity index (χ4n) is 1.69. The van der Waals surface area contributed by atoms with Crippen molar-refractivity contribution in [1.82, 2.24) is 19.7 Å². The number of aromatic nitrogens is 4. The molecule has 0 aliphatic carbocycles. The number of nitrogens with one attached hydrogen (secondary N) is 1. The fraction of sp³-hybridized carbons (Fsp3) is 0.364. The molecule has 84 valence electrons. The van der Waals surface area contributed by atoms with E-state index in [0.29, 0.717) is 6.54 Å². The highest BCUT2D eigenvalue weighted by Crippen LogP contribution is 2.21. The van der Waals surface area contributed by atoms with Gasteiger partial charge in [-0.05, 0) is 13.8 Å². The number of aryl methyl sites for hydroxylation is 2. The Balaban J connectivity index is 2.59. The molecule has 0 radical (unpaired) electrons. The van der Waals surface area contributed by atoms with Crippen LogP contribution in [0.3, 0.4) is 0 Å². The highest BCUT2D eigenvalue weighted by molar-refractivity contribution is 5.87. The molecule has 0 saturated heterocycles. The molecule has 5 heteroatoms. The summed E-state index contributed by atoms with van der Waals surface area (Å²) in [4.78, 5) is 8.49. The van der Waals surface area contributed by atoms with E-state index in [4.69, 9.17) is 0 Å². The maximum absolute atomic E-state index is 4.43. The normalized spacial score (nSPS) is 10.6. The first-order valence-corrected chi connectivity index (χ1v) is 5.30. The van der Waals surface area contributed by atoms with Crippen LogP contribution in [0.5, 0.6) is 0 Å². The van der Waals surface area contributed by atoms with Gasteiger partial charge >= 0.3 is 0 Å². The second kappa shape index (κ2) is 4.30. The first-order chi connectivity index (χ1) is 7.77. The number of rotatable bonds is 4. The zero-order valence-electron chi connectivity index (χ0n) is 9.56. The van der Waals surface area contributed by atoms with E-state index in [1.54, 1.807) is 12.4 Å². The Labute approximate surface area is 94.2 Å².